The first-order chi connectivity index (χ1) is 8.34. The maximum atomic E-state index is 9.78. The number of fused-ring (bicyclic) bond motifs is 1. The van der Waals surface area contributed by atoms with Gasteiger partial charge in [0.1, 0.15) is 5.75 Å². The third-order valence-corrected chi connectivity index (χ3v) is 3.31. The Morgan fingerprint density at radius 1 is 0.824 bits per heavy atom. The Morgan fingerprint density at radius 3 is 2.47 bits per heavy atom. The second-order valence-electron chi connectivity index (χ2n) is 4.38. The highest BCUT2D eigenvalue weighted by molar-refractivity contribution is 5.85. The summed E-state index contributed by atoms with van der Waals surface area (Å²) in [5.74, 6) is 0.422. The van der Waals surface area contributed by atoms with E-state index in [0.29, 0.717) is 5.75 Å². The van der Waals surface area contributed by atoms with Crippen LogP contribution in [0, 0.1) is 0 Å². The van der Waals surface area contributed by atoms with Crippen molar-refractivity contribution >= 4 is 11.6 Å². The predicted molar refractivity (Wildman–Crippen MR) is 70.7 cm³/mol. The van der Waals surface area contributed by atoms with Crippen LogP contribution >= 0.6 is 0 Å². The zero-order chi connectivity index (χ0) is 11.7. The highest BCUT2D eigenvalue weighted by Gasteiger charge is 2.14. The highest BCUT2D eigenvalue weighted by atomic mass is 16.3. The van der Waals surface area contributed by atoms with Gasteiger partial charge in [0.05, 0.1) is 0 Å². The van der Waals surface area contributed by atoms with E-state index in [4.69, 9.17) is 0 Å². The SMILES string of the molecule is Oc1cccc2c1CCC(c1ccccc1)=C2. The minimum Gasteiger partial charge on any atom is -0.508 e. The number of phenolic OH excluding ortho intramolecular Hbond substituents is 1. The Hall–Kier alpha value is -2.02. The Labute approximate surface area is 101 Å². The van der Waals surface area contributed by atoms with Crippen LogP contribution in [0.15, 0.2) is 48.5 Å². The summed E-state index contributed by atoms with van der Waals surface area (Å²) >= 11 is 0. The summed E-state index contributed by atoms with van der Waals surface area (Å²) in [5.41, 5.74) is 4.85. The van der Waals surface area contributed by atoms with Crippen LogP contribution in [0.5, 0.6) is 5.75 Å². The van der Waals surface area contributed by atoms with Gasteiger partial charge in [0, 0.05) is 5.56 Å². The van der Waals surface area contributed by atoms with E-state index < -0.39 is 0 Å². The molecule has 0 saturated heterocycles. The van der Waals surface area contributed by atoms with E-state index in [2.05, 4.69) is 36.4 Å². The van der Waals surface area contributed by atoms with Gasteiger partial charge in [-0.15, -0.1) is 0 Å². The fraction of sp³-hybridized carbons (Fsp3) is 0.125. The zero-order valence-electron chi connectivity index (χ0n) is 9.56. The second kappa shape index (κ2) is 4.10. The van der Waals surface area contributed by atoms with E-state index in [9.17, 15) is 5.11 Å². The lowest BCUT2D eigenvalue weighted by Crippen LogP contribution is -1.99. The average Bonchev–Trinajstić information content (AvgIpc) is 2.40. The first-order valence-corrected chi connectivity index (χ1v) is 5.91. The lowest BCUT2D eigenvalue weighted by Gasteiger charge is -2.17. The minimum absolute atomic E-state index is 0.422. The monoisotopic (exact) mass is 222 g/mol. The van der Waals surface area contributed by atoms with Crippen LogP contribution in [0.4, 0.5) is 0 Å². The smallest absolute Gasteiger partial charge is 0.119 e. The third kappa shape index (κ3) is 1.84. The van der Waals surface area contributed by atoms with E-state index >= 15 is 0 Å². The molecule has 0 atom stereocenters. The molecule has 1 nitrogen and oxygen atoms in total. The summed E-state index contributed by atoms with van der Waals surface area (Å²) in [5, 5.41) is 9.78. The van der Waals surface area contributed by atoms with Crippen LogP contribution in [-0.4, -0.2) is 5.11 Å². The van der Waals surface area contributed by atoms with E-state index in [1.165, 1.54) is 11.1 Å². The highest BCUT2D eigenvalue weighted by Crippen LogP contribution is 2.34. The first-order valence-electron chi connectivity index (χ1n) is 5.91. The van der Waals surface area contributed by atoms with E-state index in [1.54, 1.807) is 6.07 Å². The number of hydrogen-bond acceptors (Lipinski definition) is 1. The summed E-state index contributed by atoms with van der Waals surface area (Å²) < 4.78 is 0. The van der Waals surface area contributed by atoms with Crippen molar-refractivity contribution in [3.63, 3.8) is 0 Å². The quantitative estimate of drug-likeness (QED) is 0.776. The van der Waals surface area contributed by atoms with Crippen molar-refractivity contribution in [3.05, 3.63) is 65.2 Å². The Kier molecular flexibility index (Phi) is 2.45. The molecule has 17 heavy (non-hydrogen) atoms. The predicted octanol–water partition coefficient (Wildman–Crippen LogP) is 3.88. The van der Waals surface area contributed by atoms with Gasteiger partial charge >= 0.3 is 0 Å². The molecule has 0 amide bonds. The van der Waals surface area contributed by atoms with Gasteiger partial charge in [0.2, 0.25) is 0 Å². The molecular weight excluding hydrogens is 208 g/mol. The fourth-order valence-electron chi connectivity index (χ4n) is 2.40. The fourth-order valence-corrected chi connectivity index (χ4v) is 2.40. The molecule has 0 radical (unpaired) electrons. The molecule has 0 saturated carbocycles. The maximum absolute atomic E-state index is 9.78. The number of benzene rings is 2. The van der Waals surface area contributed by atoms with Crippen molar-refractivity contribution in [3.8, 4) is 5.75 Å². The molecule has 2 aromatic carbocycles. The molecule has 1 aliphatic carbocycles. The normalized spacial score (nSPS) is 14.0. The van der Waals surface area contributed by atoms with Crippen LogP contribution in [0.25, 0.3) is 11.6 Å². The molecular formula is C16H14O. The van der Waals surface area contributed by atoms with Crippen LogP contribution in [0.1, 0.15) is 23.1 Å². The molecule has 3 rings (SSSR count). The molecule has 1 aliphatic rings. The molecule has 0 spiro atoms. The maximum Gasteiger partial charge on any atom is 0.119 e. The topological polar surface area (TPSA) is 20.2 Å². The Balaban J connectivity index is 2.07. The Morgan fingerprint density at radius 2 is 1.65 bits per heavy atom. The van der Waals surface area contributed by atoms with Gasteiger partial charge in [0.25, 0.3) is 0 Å². The molecule has 0 bridgehead atoms. The molecule has 1 heteroatoms. The van der Waals surface area contributed by atoms with E-state index in [1.807, 2.05) is 12.1 Å². The van der Waals surface area contributed by atoms with E-state index in [0.717, 1.165) is 24.0 Å². The number of allylic oxidation sites excluding steroid dienone is 1. The summed E-state index contributed by atoms with van der Waals surface area (Å²) in [6.45, 7) is 0. The standard InChI is InChI=1S/C16H14O/c17-16-8-4-7-14-11-13(9-10-15(14)16)12-5-2-1-3-6-12/h1-8,11,17H,9-10H2. The van der Waals surface area contributed by atoms with Gasteiger partial charge < -0.3 is 5.11 Å². The van der Waals surface area contributed by atoms with Crippen LogP contribution in [-0.2, 0) is 6.42 Å². The largest absolute Gasteiger partial charge is 0.508 e. The van der Waals surface area contributed by atoms with Crippen molar-refractivity contribution in [1.82, 2.24) is 0 Å². The van der Waals surface area contributed by atoms with Gasteiger partial charge in [-0.25, -0.2) is 0 Å². The van der Waals surface area contributed by atoms with Gasteiger partial charge in [-0.05, 0) is 35.6 Å². The lowest BCUT2D eigenvalue weighted by molar-refractivity contribution is 0.468. The van der Waals surface area contributed by atoms with Crippen LogP contribution in [0.2, 0.25) is 0 Å². The molecule has 0 aromatic heterocycles. The Bertz CT molecular complexity index is 567. The van der Waals surface area contributed by atoms with Crippen LogP contribution < -0.4 is 0 Å². The molecule has 0 heterocycles. The van der Waals surface area contributed by atoms with Gasteiger partial charge in [-0.2, -0.15) is 0 Å². The summed E-state index contributed by atoms with van der Waals surface area (Å²) in [6.07, 6.45) is 4.10. The van der Waals surface area contributed by atoms with Gasteiger partial charge in [-0.3, -0.25) is 0 Å². The molecule has 2 aromatic rings. The second-order valence-corrected chi connectivity index (χ2v) is 4.38. The van der Waals surface area contributed by atoms with E-state index in [-0.39, 0.29) is 0 Å². The molecule has 0 aliphatic heterocycles. The summed E-state index contributed by atoms with van der Waals surface area (Å²) in [7, 11) is 0. The van der Waals surface area contributed by atoms with Crippen molar-refractivity contribution in [2.45, 2.75) is 12.8 Å². The summed E-state index contributed by atoms with van der Waals surface area (Å²) in [6, 6.07) is 16.2. The molecule has 0 fully saturated rings. The van der Waals surface area contributed by atoms with Crippen LogP contribution in [0.3, 0.4) is 0 Å². The third-order valence-electron chi connectivity index (χ3n) is 3.31. The minimum atomic E-state index is 0.422. The number of phenols is 1. The zero-order valence-corrected chi connectivity index (χ0v) is 9.56. The van der Waals surface area contributed by atoms with Crippen molar-refractivity contribution in [2.24, 2.45) is 0 Å². The van der Waals surface area contributed by atoms with Gasteiger partial charge in [0.15, 0.2) is 0 Å². The van der Waals surface area contributed by atoms with Crippen molar-refractivity contribution < 1.29 is 5.11 Å². The first kappa shape index (κ1) is 10.2. The number of rotatable bonds is 1. The lowest BCUT2D eigenvalue weighted by atomic mass is 9.88. The average molecular weight is 222 g/mol. The molecule has 1 N–H and O–H groups in total. The number of hydrogen-bond donors (Lipinski definition) is 1. The number of aromatic hydroxyl groups is 1. The van der Waals surface area contributed by atoms with Crippen molar-refractivity contribution in [2.75, 3.05) is 0 Å². The molecule has 0 unspecified atom stereocenters. The van der Waals surface area contributed by atoms with Crippen molar-refractivity contribution in [1.29, 1.82) is 0 Å². The molecule has 84 valence electrons. The van der Waals surface area contributed by atoms with Gasteiger partial charge in [-0.1, -0.05) is 48.5 Å². The summed E-state index contributed by atoms with van der Waals surface area (Å²) in [4.78, 5) is 0.